The molecule has 0 heterocycles. The average molecular weight is 1950 g/mol. The summed E-state index contributed by atoms with van der Waals surface area (Å²) in [5, 5.41) is 34.4. The van der Waals surface area contributed by atoms with Crippen molar-refractivity contribution >= 4 is 41.4 Å². The van der Waals surface area contributed by atoms with Crippen LogP contribution in [0.5, 0.6) is 17.2 Å². The first kappa shape index (κ1) is 107. The van der Waals surface area contributed by atoms with E-state index in [4.69, 9.17) is 27.8 Å². The third kappa shape index (κ3) is 27.2. The number of hydrogen-bond donors (Lipinski definition) is 3. The molecule has 12 rings (SSSR count). The van der Waals surface area contributed by atoms with Gasteiger partial charge in [0, 0.05) is 19.3 Å². The van der Waals surface area contributed by atoms with Crippen molar-refractivity contribution in [3.05, 3.63) is 88.0 Å². The molecule has 746 valence electrons. The quantitative estimate of drug-likeness (QED) is 0.0159. The van der Waals surface area contributed by atoms with E-state index < -0.39 is 137 Å². The van der Waals surface area contributed by atoms with Gasteiger partial charge in [0.15, 0.2) is 20.4 Å². The maximum atomic E-state index is 15.3. The van der Waals surface area contributed by atoms with Gasteiger partial charge in [-0.05, 0) is 330 Å². The molecule has 9 aliphatic carbocycles. The van der Waals surface area contributed by atoms with Gasteiger partial charge in [0.1, 0.15) is 51.8 Å². The zero-order valence-corrected chi connectivity index (χ0v) is 80.1. The Morgan fingerprint density at radius 3 is 0.832 bits per heavy atom. The van der Waals surface area contributed by atoms with Crippen molar-refractivity contribution in [1.29, 1.82) is 0 Å². The van der Waals surface area contributed by atoms with E-state index in [9.17, 15) is 94.8 Å². The molecule has 9 aliphatic rings. The van der Waals surface area contributed by atoms with E-state index in [1.165, 1.54) is 33.4 Å². The van der Waals surface area contributed by atoms with Gasteiger partial charge in [-0.1, -0.05) is 169 Å². The highest BCUT2D eigenvalue weighted by molar-refractivity contribution is 7.91. The van der Waals surface area contributed by atoms with Crippen LogP contribution in [-0.4, -0.2) is 138 Å². The highest BCUT2D eigenvalue weighted by Crippen LogP contribution is 2.67. The molecule has 3 N–H and O–H groups in total. The molecule has 0 amide bonds. The van der Waals surface area contributed by atoms with Crippen LogP contribution in [0.15, 0.2) is 54.6 Å². The molecule has 32 heteroatoms. The predicted molar refractivity (Wildman–Crippen MR) is 480 cm³/mol. The molecule has 0 bridgehead atoms. The SMILES string of the molecule is C[C@]12CC[C@@H]3c4ccc(OCOP(=O)(OCOc5ccc6c(c5)C[C@@H](CCCCCCCCC[S+]([O-])CCCC(F)(F)C(F)(F)F)[C@@H]5[C@@H]6CC[C@]6(C)[C@@H](O)CC[C@@H]56)OCOc5ccc6c(c5)C[C@@H](CCCCCCCCC[S+]([O-])CCCC(F)(F)C(F)(F)F)[C@@H]5[C@@H]6CC[C@]6(C)[C@@H](O)CC[C@@H]56)cc4C[C@@H](CCCCCCCCC[S+]([O-])CCCC(F)(F)C(F)(F)F)[C@H]3[C@@H]1CC[C@@H]2O. The molecule has 13 nitrogen and oxygen atoms in total. The van der Waals surface area contributed by atoms with E-state index >= 15 is 4.57 Å². The molecular formula is C99H144F15O13PS3. The summed E-state index contributed by atoms with van der Waals surface area (Å²) < 4.78 is 284. The van der Waals surface area contributed by atoms with E-state index in [1.54, 1.807) is 0 Å². The second kappa shape index (κ2) is 47.0. The fourth-order valence-corrected chi connectivity index (χ4v) is 30.0. The number of rotatable bonds is 54. The van der Waals surface area contributed by atoms with Crippen LogP contribution >= 0.6 is 7.82 Å². The summed E-state index contributed by atoms with van der Waals surface area (Å²) in [6.45, 7) is 5.20. The predicted octanol–water partition coefficient (Wildman–Crippen LogP) is 27.1. The van der Waals surface area contributed by atoms with Gasteiger partial charge in [-0.3, -0.25) is 0 Å². The fraction of sp³-hybridized carbons (Fsp3) is 0.818. The van der Waals surface area contributed by atoms with Crippen molar-refractivity contribution < 1.29 is 127 Å². The Morgan fingerprint density at radius 1 is 0.344 bits per heavy atom. The second-order valence-corrected chi connectivity index (χ2v) is 47.9. The van der Waals surface area contributed by atoms with Crippen molar-refractivity contribution in [2.45, 2.75) is 382 Å². The summed E-state index contributed by atoms with van der Waals surface area (Å²) in [6, 6.07) is 18.4. The summed E-state index contributed by atoms with van der Waals surface area (Å²) in [5.74, 6) is -8.63. The number of fused-ring (bicyclic) bond motifs is 15. The van der Waals surface area contributed by atoms with Gasteiger partial charge in [-0.15, -0.1) is 0 Å². The molecular weight excluding hydrogens is 1810 g/mol. The van der Waals surface area contributed by atoms with Crippen LogP contribution in [-0.2, 0) is 70.9 Å². The van der Waals surface area contributed by atoms with Crippen LogP contribution in [0, 0.1) is 69.5 Å². The Bertz CT molecular complexity index is 3680. The molecule has 0 aliphatic heterocycles. The monoisotopic (exact) mass is 1950 g/mol. The van der Waals surface area contributed by atoms with Crippen LogP contribution in [0.2, 0.25) is 0 Å². The molecule has 3 unspecified atom stereocenters. The lowest BCUT2D eigenvalue weighted by Crippen LogP contribution is -2.47. The molecule has 3 aromatic rings. The summed E-state index contributed by atoms with van der Waals surface area (Å²) in [4.78, 5) is 0. The number of aliphatic hydroxyl groups is 3. The van der Waals surface area contributed by atoms with Crippen molar-refractivity contribution in [3.63, 3.8) is 0 Å². The summed E-state index contributed by atoms with van der Waals surface area (Å²) >= 11 is -4.40. The minimum absolute atomic E-state index is 0.173. The smallest absolute Gasteiger partial charge is 0.483 e. The summed E-state index contributed by atoms with van der Waals surface area (Å²) in [7, 11) is -4.61. The normalized spacial score (nSPS) is 30.1. The zero-order valence-electron chi connectivity index (χ0n) is 76.8. The van der Waals surface area contributed by atoms with Crippen LogP contribution in [0.3, 0.4) is 0 Å². The maximum Gasteiger partial charge on any atom is 0.483 e. The van der Waals surface area contributed by atoms with E-state index in [1.807, 2.05) is 18.2 Å². The van der Waals surface area contributed by atoms with Gasteiger partial charge in [0.2, 0.25) is 0 Å². The molecule has 0 spiro atoms. The minimum atomic E-state index is -5.62. The summed E-state index contributed by atoms with van der Waals surface area (Å²) in [5.41, 5.74) is 6.80. The van der Waals surface area contributed by atoms with Crippen molar-refractivity contribution in [3.8, 4) is 17.2 Å². The largest absolute Gasteiger partial charge is 0.616 e. The Balaban J connectivity index is 0.684. The Labute approximate surface area is 775 Å². The Hall–Kier alpha value is -3.07. The lowest BCUT2D eigenvalue weighted by atomic mass is 9.52. The van der Waals surface area contributed by atoms with Crippen molar-refractivity contribution in [2.75, 3.05) is 54.9 Å². The first-order valence-electron chi connectivity index (χ1n) is 49.3. The first-order valence-corrected chi connectivity index (χ1v) is 55.2. The van der Waals surface area contributed by atoms with E-state index in [0.717, 1.165) is 231 Å². The van der Waals surface area contributed by atoms with Crippen molar-refractivity contribution in [2.24, 2.45) is 69.5 Å². The number of hydrogen-bond acceptors (Lipinski definition) is 13. The third-order valence-corrected chi connectivity index (χ3v) is 38.7. The Morgan fingerprint density at radius 2 is 0.580 bits per heavy atom. The van der Waals surface area contributed by atoms with Crippen LogP contribution in [0.1, 0.15) is 342 Å². The topological polar surface area (TPSA) is 202 Å². The molecule has 21 atom stereocenters. The van der Waals surface area contributed by atoms with Gasteiger partial charge in [0.25, 0.3) is 0 Å². The zero-order chi connectivity index (χ0) is 94.4. The second-order valence-electron chi connectivity index (χ2n) is 41.1. The maximum absolute atomic E-state index is 15.3. The molecule has 3 aromatic carbocycles. The highest BCUT2D eigenvalue weighted by atomic mass is 32.2. The fourth-order valence-electron chi connectivity index (χ4n) is 25.7. The minimum Gasteiger partial charge on any atom is -0.616 e. The molecule has 0 aromatic heterocycles. The highest BCUT2D eigenvalue weighted by Gasteiger charge is 2.63. The molecule has 6 saturated carbocycles. The average Bonchev–Trinajstić information content (AvgIpc) is 1.72. The van der Waals surface area contributed by atoms with Crippen LogP contribution in [0.25, 0.3) is 0 Å². The van der Waals surface area contributed by atoms with Crippen LogP contribution < -0.4 is 14.2 Å². The van der Waals surface area contributed by atoms with Gasteiger partial charge in [-0.2, -0.15) is 65.9 Å². The number of alkyl halides is 15. The number of unbranched alkanes of at least 4 members (excludes halogenated alkanes) is 18. The standard InChI is InChI=1S/C99H144F15O13PS3/c1-91-49-43-79-76-34-31-73(61-70(76)58-67(88(79)82(91)37-40-85(91)115)28-19-13-7-4-10-16-22-52-129(119)55-25-46-94(100,101)97(106,107)108)122-64-125-128(118,126-65-123-74-32-35-77-71(62-74)59-68(89-80(77)44-50-92(2)83(89)38-41-86(92)116)29-20-14-8-5-11-17-23-53-130(120)56-26-47-95(102,103)98(109,110)111)127-66-124-75-33-36-78-72(63-75)60-69(90-81(78)45-51-93(3)84(90)39-42-87(93)117)30-21-15-9-6-12-18-24-54-131(121)57-27-48-96(104,105)99(112,113)114/h31-36,61-63,67-69,79-90,115-117H,4-30,37-60,64-66H2,1-3H3/t67-,68-,69-,79-,80-,81-,82+,83+,84+,85+,86+,87+,88-,89-,90-,91+,92+,93+,128?,129?,130?,131?/m1/s1. The number of aliphatic hydroxyl groups excluding tert-OH is 3. The molecule has 0 saturated heterocycles. The van der Waals surface area contributed by atoms with Gasteiger partial charge in [-0.25, -0.2) is 18.1 Å². The lowest BCUT2D eigenvalue weighted by molar-refractivity contribution is -0.284. The van der Waals surface area contributed by atoms with E-state index in [2.05, 4.69) is 57.2 Å². The summed E-state index contributed by atoms with van der Waals surface area (Å²) in [6.07, 6.45) is 11.3. The van der Waals surface area contributed by atoms with Crippen LogP contribution in [0.4, 0.5) is 65.9 Å². The number of halogens is 15. The van der Waals surface area contributed by atoms with Gasteiger partial charge >= 0.3 is 44.1 Å². The van der Waals surface area contributed by atoms with E-state index in [0.29, 0.717) is 89.8 Å². The number of benzene rings is 3. The number of ether oxygens (including phenoxy) is 3. The molecule has 131 heavy (non-hydrogen) atoms. The Kier molecular flexibility index (Phi) is 38.3. The first-order chi connectivity index (χ1) is 62.0. The molecule has 6 fully saturated rings. The van der Waals surface area contributed by atoms with Gasteiger partial charge < -0.3 is 43.2 Å². The number of phosphoric acid groups is 1. The lowest BCUT2D eigenvalue weighted by Gasteiger charge is -2.53. The third-order valence-electron chi connectivity index (χ3n) is 33.0. The molecule has 0 radical (unpaired) electrons. The van der Waals surface area contributed by atoms with E-state index in [-0.39, 0.29) is 86.8 Å². The van der Waals surface area contributed by atoms with Gasteiger partial charge in [0.05, 0.1) is 18.3 Å². The number of phosphoric ester groups is 1. The van der Waals surface area contributed by atoms with Crippen molar-refractivity contribution in [1.82, 2.24) is 0 Å².